The molecule has 1 atom stereocenters. The van der Waals surface area contributed by atoms with Crippen LogP contribution in [0.25, 0.3) is 0 Å². The van der Waals surface area contributed by atoms with Crippen molar-refractivity contribution in [2.45, 2.75) is 56.2 Å². The Labute approximate surface area is 159 Å². The Morgan fingerprint density at radius 1 is 1.25 bits per heavy atom. The van der Waals surface area contributed by atoms with Gasteiger partial charge >= 0.3 is 6.18 Å². The molecule has 4 rings (SSSR count). The quantitative estimate of drug-likeness (QED) is 0.816. The van der Waals surface area contributed by atoms with Gasteiger partial charge in [0.25, 0.3) is 11.5 Å². The molecule has 1 aromatic carbocycles. The molecule has 8 heteroatoms. The Kier molecular flexibility index (Phi) is 4.32. The molecule has 5 nitrogen and oxygen atoms in total. The number of carbonyl (C=O) groups excluding carboxylic acids is 1. The number of amides is 1. The number of carbonyl (C=O) groups is 1. The lowest BCUT2D eigenvalue weighted by Gasteiger charge is -2.21. The number of alkyl halides is 3. The van der Waals surface area contributed by atoms with E-state index >= 15 is 0 Å². The summed E-state index contributed by atoms with van der Waals surface area (Å²) in [4.78, 5) is 31.1. The Balaban J connectivity index is 1.47. The lowest BCUT2D eigenvalue weighted by molar-refractivity contribution is -0.160. The molecular formula is C20H20F3N3O2. The molecule has 2 aromatic rings. The molecule has 0 radical (unpaired) electrons. The van der Waals surface area contributed by atoms with Crippen LogP contribution in [0.1, 0.15) is 72.0 Å². The molecule has 2 aliphatic carbocycles. The number of aromatic amines is 1. The highest BCUT2D eigenvalue weighted by molar-refractivity contribution is 5.92. The van der Waals surface area contributed by atoms with E-state index in [1.807, 2.05) is 0 Å². The van der Waals surface area contributed by atoms with Crippen molar-refractivity contribution in [3.05, 3.63) is 63.3 Å². The van der Waals surface area contributed by atoms with Gasteiger partial charge in [-0.3, -0.25) is 9.59 Å². The van der Waals surface area contributed by atoms with Gasteiger partial charge in [-0.05, 0) is 43.7 Å². The normalized spacial score (nSPS) is 19.1. The first-order chi connectivity index (χ1) is 13.2. The first kappa shape index (κ1) is 18.7. The molecule has 0 aliphatic heterocycles. The number of nitrogens with zero attached hydrogens (tertiary/aromatic N) is 1. The lowest BCUT2D eigenvalue weighted by Crippen LogP contribution is -2.30. The summed E-state index contributed by atoms with van der Waals surface area (Å²) in [7, 11) is 0. The summed E-state index contributed by atoms with van der Waals surface area (Å²) >= 11 is 0. The fourth-order valence-corrected chi connectivity index (χ4v) is 3.45. The molecule has 28 heavy (non-hydrogen) atoms. The SMILES string of the molecule is CC(NC(=O)c1cc(=O)[nH]c(C2CC2)n1)c1ccc(C2(C(F)(F)F)CC2)cc1. The Hall–Kier alpha value is -2.64. The predicted octanol–water partition coefficient (Wildman–Crippen LogP) is 3.73. The summed E-state index contributed by atoms with van der Waals surface area (Å²) in [6, 6.07) is 6.88. The second kappa shape index (κ2) is 6.46. The Morgan fingerprint density at radius 2 is 1.89 bits per heavy atom. The second-order valence-corrected chi connectivity index (χ2v) is 7.69. The average molecular weight is 391 g/mol. The molecular weight excluding hydrogens is 371 g/mol. The van der Waals surface area contributed by atoms with Crippen LogP contribution >= 0.6 is 0 Å². The van der Waals surface area contributed by atoms with Crippen LogP contribution in [0.3, 0.4) is 0 Å². The molecule has 2 saturated carbocycles. The number of halogens is 3. The molecule has 1 unspecified atom stereocenters. The summed E-state index contributed by atoms with van der Waals surface area (Å²) in [6.45, 7) is 1.73. The van der Waals surface area contributed by atoms with Crippen LogP contribution in [0.2, 0.25) is 0 Å². The number of hydrogen-bond donors (Lipinski definition) is 2. The van der Waals surface area contributed by atoms with E-state index in [1.54, 1.807) is 19.1 Å². The minimum absolute atomic E-state index is 0.0446. The van der Waals surface area contributed by atoms with Gasteiger partial charge in [0.1, 0.15) is 11.5 Å². The summed E-state index contributed by atoms with van der Waals surface area (Å²) < 4.78 is 39.7. The van der Waals surface area contributed by atoms with Crippen molar-refractivity contribution < 1.29 is 18.0 Å². The molecule has 1 amide bonds. The number of aromatic nitrogens is 2. The molecule has 2 N–H and O–H groups in total. The van der Waals surface area contributed by atoms with Gasteiger partial charge in [-0.25, -0.2) is 4.98 Å². The number of H-pyrrole nitrogens is 1. The summed E-state index contributed by atoms with van der Waals surface area (Å²) in [6.07, 6.45) is -2.15. The van der Waals surface area contributed by atoms with Crippen LogP contribution in [-0.4, -0.2) is 22.1 Å². The second-order valence-electron chi connectivity index (χ2n) is 7.69. The van der Waals surface area contributed by atoms with E-state index in [1.165, 1.54) is 12.1 Å². The number of rotatable bonds is 5. The van der Waals surface area contributed by atoms with Gasteiger partial charge in [0, 0.05) is 12.0 Å². The van der Waals surface area contributed by atoms with Gasteiger partial charge in [-0.2, -0.15) is 13.2 Å². The van der Waals surface area contributed by atoms with Crippen LogP contribution in [-0.2, 0) is 5.41 Å². The average Bonchev–Trinajstić information content (AvgIpc) is 3.54. The predicted molar refractivity (Wildman–Crippen MR) is 96.1 cm³/mol. The van der Waals surface area contributed by atoms with Crippen LogP contribution in [0.5, 0.6) is 0 Å². The van der Waals surface area contributed by atoms with E-state index in [0.717, 1.165) is 18.9 Å². The Morgan fingerprint density at radius 3 is 2.43 bits per heavy atom. The molecule has 2 aliphatic rings. The third kappa shape index (κ3) is 3.43. The zero-order valence-corrected chi connectivity index (χ0v) is 15.3. The fourth-order valence-electron chi connectivity index (χ4n) is 3.45. The lowest BCUT2D eigenvalue weighted by atomic mass is 9.93. The van der Waals surface area contributed by atoms with Crippen molar-refractivity contribution in [1.29, 1.82) is 0 Å². The van der Waals surface area contributed by atoms with E-state index < -0.39 is 23.5 Å². The largest absolute Gasteiger partial charge is 0.398 e. The van der Waals surface area contributed by atoms with Crippen molar-refractivity contribution in [1.82, 2.24) is 15.3 Å². The summed E-state index contributed by atoms with van der Waals surface area (Å²) in [5.74, 6) is 0.240. The van der Waals surface area contributed by atoms with E-state index in [9.17, 15) is 22.8 Å². The van der Waals surface area contributed by atoms with Crippen molar-refractivity contribution >= 4 is 5.91 Å². The van der Waals surface area contributed by atoms with Crippen molar-refractivity contribution in [2.24, 2.45) is 0 Å². The van der Waals surface area contributed by atoms with Gasteiger partial charge in [-0.1, -0.05) is 24.3 Å². The van der Waals surface area contributed by atoms with Crippen LogP contribution in [0.15, 0.2) is 35.1 Å². The first-order valence-corrected chi connectivity index (χ1v) is 9.29. The molecule has 1 aromatic heterocycles. The highest BCUT2D eigenvalue weighted by Gasteiger charge is 2.64. The maximum Gasteiger partial charge on any atom is 0.398 e. The van der Waals surface area contributed by atoms with E-state index in [4.69, 9.17) is 0 Å². The zero-order valence-electron chi connectivity index (χ0n) is 15.3. The summed E-state index contributed by atoms with van der Waals surface area (Å²) in [5, 5.41) is 2.75. The van der Waals surface area contributed by atoms with Crippen molar-refractivity contribution in [3.63, 3.8) is 0 Å². The molecule has 1 heterocycles. The first-order valence-electron chi connectivity index (χ1n) is 9.29. The molecule has 2 fully saturated rings. The van der Waals surface area contributed by atoms with Gasteiger partial charge in [0.05, 0.1) is 11.5 Å². The monoisotopic (exact) mass is 391 g/mol. The van der Waals surface area contributed by atoms with Crippen LogP contribution in [0.4, 0.5) is 13.2 Å². The van der Waals surface area contributed by atoms with Gasteiger partial charge in [0.2, 0.25) is 0 Å². The fraction of sp³-hybridized carbons (Fsp3) is 0.450. The number of hydrogen-bond acceptors (Lipinski definition) is 3. The van der Waals surface area contributed by atoms with Crippen LogP contribution in [0, 0.1) is 0 Å². The maximum absolute atomic E-state index is 13.2. The Bertz CT molecular complexity index is 958. The topological polar surface area (TPSA) is 74.8 Å². The minimum atomic E-state index is -4.25. The number of benzene rings is 1. The smallest absolute Gasteiger partial charge is 0.344 e. The molecule has 0 spiro atoms. The highest BCUT2D eigenvalue weighted by Crippen LogP contribution is 2.58. The van der Waals surface area contributed by atoms with Gasteiger partial charge in [0.15, 0.2) is 0 Å². The molecule has 148 valence electrons. The van der Waals surface area contributed by atoms with E-state index in [0.29, 0.717) is 11.4 Å². The maximum atomic E-state index is 13.2. The highest BCUT2D eigenvalue weighted by atomic mass is 19.4. The molecule has 0 bridgehead atoms. The third-order valence-corrected chi connectivity index (χ3v) is 5.56. The minimum Gasteiger partial charge on any atom is -0.344 e. The van der Waals surface area contributed by atoms with E-state index in [2.05, 4.69) is 15.3 Å². The van der Waals surface area contributed by atoms with Crippen LogP contribution < -0.4 is 10.9 Å². The summed E-state index contributed by atoms with van der Waals surface area (Å²) in [5.41, 5.74) is -1.11. The third-order valence-electron chi connectivity index (χ3n) is 5.56. The standard InChI is InChI=1S/C20H20F3N3O2/c1-11(12-4-6-14(7-5-12)19(8-9-19)20(21,22)23)24-18(28)15-10-16(27)26-17(25-15)13-2-3-13/h4-7,10-11,13H,2-3,8-9H2,1H3,(H,24,28)(H,25,26,27). The zero-order chi connectivity index (χ0) is 20.1. The van der Waals surface area contributed by atoms with Gasteiger partial charge < -0.3 is 10.3 Å². The number of nitrogens with one attached hydrogen (secondary N) is 2. The molecule has 0 saturated heterocycles. The van der Waals surface area contributed by atoms with E-state index in [-0.39, 0.29) is 35.6 Å². The van der Waals surface area contributed by atoms with Crippen molar-refractivity contribution in [3.8, 4) is 0 Å². The van der Waals surface area contributed by atoms with Crippen molar-refractivity contribution in [2.75, 3.05) is 0 Å². The van der Waals surface area contributed by atoms with Gasteiger partial charge in [-0.15, -0.1) is 0 Å².